The molecule has 1 saturated carbocycles. The van der Waals surface area contributed by atoms with Gasteiger partial charge in [0.05, 0.1) is 6.10 Å². The van der Waals surface area contributed by atoms with Gasteiger partial charge in [-0.2, -0.15) is 0 Å². The van der Waals surface area contributed by atoms with Crippen LogP contribution in [0.4, 0.5) is 0 Å². The summed E-state index contributed by atoms with van der Waals surface area (Å²) in [5, 5.41) is 13.0. The van der Waals surface area contributed by atoms with Gasteiger partial charge in [-0.3, -0.25) is 0 Å². The molecule has 1 fully saturated rings. The highest BCUT2D eigenvalue weighted by atomic mass is 16.3. The van der Waals surface area contributed by atoms with Gasteiger partial charge in [-0.25, -0.2) is 0 Å². The van der Waals surface area contributed by atoms with Crippen molar-refractivity contribution in [1.29, 1.82) is 0 Å². The van der Waals surface area contributed by atoms with E-state index in [1.54, 1.807) is 0 Å². The van der Waals surface area contributed by atoms with E-state index in [0.717, 1.165) is 12.8 Å². The summed E-state index contributed by atoms with van der Waals surface area (Å²) in [5.41, 5.74) is 5.89. The van der Waals surface area contributed by atoms with E-state index >= 15 is 0 Å². The van der Waals surface area contributed by atoms with Crippen LogP contribution in [0.2, 0.25) is 0 Å². The van der Waals surface area contributed by atoms with Crippen molar-refractivity contribution in [3.05, 3.63) is 0 Å². The number of rotatable bonds is 4. The van der Waals surface area contributed by atoms with Crippen LogP contribution in [-0.2, 0) is 0 Å². The van der Waals surface area contributed by atoms with Crippen LogP contribution < -0.4 is 11.1 Å². The lowest BCUT2D eigenvalue weighted by Crippen LogP contribution is -2.43. The van der Waals surface area contributed by atoms with Gasteiger partial charge in [0.25, 0.3) is 0 Å². The number of hydrogen-bond donors (Lipinski definition) is 3. The van der Waals surface area contributed by atoms with E-state index in [4.69, 9.17) is 5.73 Å². The van der Waals surface area contributed by atoms with Crippen molar-refractivity contribution in [2.45, 2.75) is 57.7 Å². The minimum Gasteiger partial charge on any atom is -0.392 e. The Balaban J connectivity index is 2.17. The highest BCUT2D eigenvalue weighted by molar-refractivity contribution is 4.80. The van der Waals surface area contributed by atoms with E-state index in [1.807, 2.05) is 13.8 Å². The van der Waals surface area contributed by atoms with Crippen molar-refractivity contribution >= 4 is 0 Å². The van der Waals surface area contributed by atoms with E-state index in [9.17, 15) is 5.11 Å². The molecule has 3 unspecified atom stereocenters. The summed E-state index contributed by atoms with van der Waals surface area (Å²) in [6.45, 7) is 4.78. The maximum atomic E-state index is 9.63. The number of hydrogen-bond acceptors (Lipinski definition) is 3. The second kappa shape index (κ2) is 5.69. The van der Waals surface area contributed by atoms with Crippen LogP contribution in [0, 0.1) is 5.92 Å². The number of nitrogens with one attached hydrogen (secondary N) is 1. The smallest absolute Gasteiger partial charge is 0.0687 e. The standard InChI is InChI=1S/C11H24N2O/c1-8(2)11(14)7-13-10-5-3-4-9(12)6-10/h8-11,13-14H,3-7,12H2,1-2H3. The quantitative estimate of drug-likeness (QED) is 0.631. The number of nitrogens with two attached hydrogens (primary N) is 1. The lowest BCUT2D eigenvalue weighted by molar-refractivity contribution is 0.117. The fraction of sp³-hybridized carbons (Fsp3) is 1.00. The molecule has 1 aliphatic rings. The van der Waals surface area contributed by atoms with Crippen molar-refractivity contribution in [3.8, 4) is 0 Å². The molecule has 0 radical (unpaired) electrons. The monoisotopic (exact) mass is 200 g/mol. The average molecular weight is 200 g/mol. The Bertz CT molecular complexity index is 161. The van der Waals surface area contributed by atoms with Gasteiger partial charge in [0.1, 0.15) is 0 Å². The molecule has 14 heavy (non-hydrogen) atoms. The molecule has 0 amide bonds. The minimum atomic E-state index is -0.229. The molecule has 0 aliphatic heterocycles. The molecular formula is C11H24N2O. The second-order valence-electron chi connectivity index (χ2n) is 4.84. The first-order chi connectivity index (χ1) is 6.59. The zero-order chi connectivity index (χ0) is 10.6. The molecule has 0 saturated heterocycles. The fourth-order valence-corrected chi connectivity index (χ4v) is 1.94. The zero-order valence-electron chi connectivity index (χ0n) is 9.37. The first-order valence-electron chi connectivity index (χ1n) is 5.76. The van der Waals surface area contributed by atoms with Crippen molar-refractivity contribution in [2.24, 2.45) is 11.7 Å². The van der Waals surface area contributed by atoms with E-state index in [-0.39, 0.29) is 6.10 Å². The van der Waals surface area contributed by atoms with E-state index in [2.05, 4.69) is 5.32 Å². The first kappa shape index (κ1) is 12.0. The Kier molecular flexibility index (Phi) is 4.85. The summed E-state index contributed by atoms with van der Waals surface area (Å²) in [4.78, 5) is 0. The molecular weight excluding hydrogens is 176 g/mol. The third-order valence-electron chi connectivity index (χ3n) is 3.10. The van der Waals surface area contributed by atoms with E-state index in [1.165, 1.54) is 12.8 Å². The lowest BCUT2D eigenvalue weighted by Gasteiger charge is -2.28. The third-order valence-corrected chi connectivity index (χ3v) is 3.10. The molecule has 0 spiro atoms. The summed E-state index contributed by atoms with van der Waals surface area (Å²) < 4.78 is 0. The molecule has 3 atom stereocenters. The van der Waals surface area contributed by atoms with Crippen molar-refractivity contribution in [1.82, 2.24) is 5.32 Å². The third kappa shape index (κ3) is 3.95. The first-order valence-corrected chi connectivity index (χ1v) is 5.76. The van der Waals surface area contributed by atoms with Crippen LogP contribution >= 0.6 is 0 Å². The van der Waals surface area contributed by atoms with E-state index < -0.39 is 0 Å². The molecule has 3 heteroatoms. The summed E-state index contributed by atoms with van der Waals surface area (Å²) in [5.74, 6) is 0.333. The molecule has 1 rings (SSSR count). The van der Waals surface area contributed by atoms with Crippen LogP contribution in [0.3, 0.4) is 0 Å². The van der Waals surface area contributed by atoms with Crippen LogP contribution in [0.25, 0.3) is 0 Å². The summed E-state index contributed by atoms with van der Waals surface area (Å²) in [6.07, 6.45) is 4.42. The predicted molar refractivity (Wildman–Crippen MR) is 59.1 cm³/mol. The molecule has 0 heterocycles. The summed E-state index contributed by atoms with van der Waals surface area (Å²) in [6, 6.07) is 0.879. The Hall–Kier alpha value is -0.120. The minimum absolute atomic E-state index is 0.229. The van der Waals surface area contributed by atoms with Gasteiger partial charge < -0.3 is 16.2 Å². The van der Waals surface area contributed by atoms with Crippen LogP contribution in [0.15, 0.2) is 0 Å². The van der Waals surface area contributed by atoms with Gasteiger partial charge in [-0.15, -0.1) is 0 Å². The predicted octanol–water partition coefficient (Wildman–Crippen LogP) is 0.863. The zero-order valence-corrected chi connectivity index (χ0v) is 9.37. The maximum Gasteiger partial charge on any atom is 0.0687 e. The summed E-state index contributed by atoms with van der Waals surface area (Å²) in [7, 11) is 0. The van der Waals surface area contributed by atoms with Gasteiger partial charge in [-0.05, 0) is 25.2 Å². The molecule has 1 aliphatic carbocycles. The van der Waals surface area contributed by atoms with Crippen LogP contribution in [0.1, 0.15) is 39.5 Å². The average Bonchev–Trinajstić information content (AvgIpc) is 2.14. The molecule has 0 aromatic heterocycles. The van der Waals surface area contributed by atoms with Crippen molar-refractivity contribution in [3.63, 3.8) is 0 Å². The Morgan fingerprint density at radius 2 is 2.14 bits per heavy atom. The Morgan fingerprint density at radius 3 is 2.71 bits per heavy atom. The molecule has 0 aromatic rings. The number of aliphatic hydroxyl groups is 1. The van der Waals surface area contributed by atoms with Crippen molar-refractivity contribution in [2.75, 3.05) is 6.54 Å². The number of aliphatic hydroxyl groups excluding tert-OH is 1. The maximum absolute atomic E-state index is 9.63. The van der Waals surface area contributed by atoms with Crippen LogP contribution in [-0.4, -0.2) is 29.8 Å². The second-order valence-corrected chi connectivity index (χ2v) is 4.84. The van der Waals surface area contributed by atoms with Gasteiger partial charge >= 0.3 is 0 Å². The highest BCUT2D eigenvalue weighted by Crippen LogP contribution is 2.16. The molecule has 3 nitrogen and oxygen atoms in total. The molecule has 0 aromatic carbocycles. The normalized spacial score (nSPS) is 30.6. The summed E-state index contributed by atoms with van der Waals surface area (Å²) >= 11 is 0. The van der Waals surface area contributed by atoms with Crippen molar-refractivity contribution < 1.29 is 5.11 Å². The topological polar surface area (TPSA) is 58.3 Å². The molecule has 0 bridgehead atoms. The van der Waals surface area contributed by atoms with Crippen LogP contribution in [0.5, 0.6) is 0 Å². The highest BCUT2D eigenvalue weighted by Gasteiger charge is 2.19. The van der Waals surface area contributed by atoms with Gasteiger partial charge in [0.2, 0.25) is 0 Å². The molecule has 84 valence electrons. The Morgan fingerprint density at radius 1 is 1.43 bits per heavy atom. The fourth-order valence-electron chi connectivity index (χ4n) is 1.94. The lowest BCUT2D eigenvalue weighted by atomic mass is 9.91. The largest absolute Gasteiger partial charge is 0.392 e. The van der Waals surface area contributed by atoms with Gasteiger partial charge in [0, 0.05) is 18.6 Å². The van der Waals surface area contributed by atoms with Gasteiger partial charge in [-0.1, -0.05) is 20.3 Å². The SMILES string of the molecule is CC(C)C(O)CNC1CCCC(N)C1. The van der Waals surface area contributed by atoms with Gasteiger partial charge in [0.15, 0.2) is 0 Å². The van der Waals surface area contributed by atoms with E-state index in [0.29, 0.717) is 24.5 Å². The molecule has 4 N–H and O–H groups in total. The Labute approximate surface area is 87.1 Å².